The molecule has 0 atom stereocenters. The van der Waals surface area contributed by atoms with Crippen LogP contribution in [0.25, 0.3) is 0 Å². The summed E-state index contributed by atoms with van der Waals surface area (Å²) in [5.41, 5.74) is 0. The molecule has 0 aromatic heterocycles. The number of para-hydroxylation sites is 2. The monoisotopic (exact) mass is 247 g/mol. The zero-order valence-corrected chi connectivity index (χ0v) is 8.96. The molecular formula is C11H12F3NO2. The Hall–Kier alpha value is -1.43. The zero-order chi connectivity index (χ0) is 12.3. The van der Waals surface area contributed by atoms with Gasteiger partial charge in [0.15, 0.2) is 11.5 Å². The van der Waals surface area contributed by atoms with Crippen LogP contribution in [-0.4, -0.2) is 26.1 Å². The van der Waals surface area contributed by atoms with Crippen molar-refractivity contribution >= 4 is 0 Å². The fraction of sp³-hybridized carbons (Fsp3) is 0.455. The number of hydrogen-bond donors (Lipinski definition) is 1. The molecule has 0 aliphatic carbocycles. The molecule has 3 nitrogen and oxygen atoms in total. The molecule has 0 bridgehead atoms. The quantitative estimate of drug-likeness (QED) is 0.884. The van der Waals surface area contributed by atoms with E-state index in [9.17, 15) is 13.2 Å². The summed E-state index contributed by atoms with van der Waals surface area (Å²) >= 11 is 0. The first-order chi connectivity index (χ1) is 8.04. The zero-order valence-electron chi connectivity index (χ0n) is 8.96. The van der Waals surface area contributed by atoms with Crippen LogP contribution in [0.2, 0.25) is 0 Å². The third-order valence-electron chi connectivity index (χ3n) is 2.42. The molecule has 1 aliphatic heterocycles. The van der Waals surface area contributed by atoms with Gasteiger partial charge in [-0.25, -0.2) is 0 Å². The molecule has 1 aromatic rings. The first kappa shape index (κ1) is 12.0. The van der Waals surface area contributed by atoms with Crippen LogP contribution in [0.4, 0.5) is 13.2 Å². The summed E-state index contributed by atoms with van der Waals surface area (Å²) in [5, 5.41) is 3.06. The summed E-state index contributed by atoms with van der Waals surface area (Å²) in [4.78, 5) is 0. The van der Waals surface area contributed by atoms with Crippen LogP contribution in [0.1, 0.15) is 0 Å². The van der Waals surface area contributed by atoms with Gasteiger partial charge < -0.3 is 14.8 Å². The van der Waals surface area contributed by atoms with Gasteiger partial charge in [0.25, 0.3) is 0 Å². The van der Waals surface area contributed by atoms with E-state index in [4.69, 9.17) is 4.74 Å². The van der Waals surface area contributed by atoms with E-state index in [-0.39, 0.29) is 11.5 Å². The van der Waals surface area contributed by atoms with Crippen molar-refractivity contribution in [3.05, 3.63) is 24.3 Å². The van der Waals surface area contributed by atoms with Crippen LogP contribution in [-0.2, 0) is 0 Å². The molecular weight excluding hydrogens is 235 g/mol. The second-order valence-corrected chi connectivity index (χ2v) is 3.83. The Bertz CT molecular complexity index is 377. The summed E-state index contributed by atoms with van der Waals surface area (Å²) < 4.78 is 45.5. The second-order valence-electron chi connectivity index (χ2n) is 3.83. The number of benzene rings is 1. The van der Waals surface area contributed by atoms with Gasteiger partial charge in [-0.3, -0.25) is 0 Å². The molecule has 6 heteroatoms. The Morgan fingerprint density at radius 3 is 2.35 bits per heavy atom. The smallest absolute Gasteiger partial charge is 0.489 e. The largest absolute Gasteiger partial charge is 0.573 e. The first-order valence-electron chi connectivity index (χ1n) is 5.23. The SMILES string of the molecule is FC(F)(F)Oc1ccccc1OCC1CNC1. The normalized spacial score (nSPS) is 16.4. The van der Waals surface area contributed by atoms with Crippen molar-refractivity contribution in [1.82, 2.24) is 5.32 Å². The fourth-order valence-electron chi connectivity index (χ4n) is 1.45. The molecule has 1 saturated heterocycles. The van der Waals surface area contributed by atoms with Gasteiger partial charge in [-0.15, -0.1) is 13.2 Å². The minimum atomic E-state index is -4.70. The molecule has 0 saturated carbocycles. The van der Waals surface area contributed by atoms with Gasteiger partial charge in [-0.05, 0) is 12.1 Å². The summed E-state index contributed by atoms with van der Waals surface area (Å²) in [6, 6.07) is 5.78. The standard InChI is InChI=1S/C11H12F3NO2/c12-11(13,14)17-10-4-2-1-3-9(10)16-7-8-5-15-6-8/h1-4,8,15H,5-7H2. The molecule has 0 spiro atoms. The van der Waals surface area contributed by atoms with Crippen molar-refractivity contribution in [3.8, 4) is 11.5 Å². The van der Waals surface area contributed by atoms with Gasteiger partial charge in [0, 0.05) is 19.0 Å². The van der Waals surface area contributed by atoms with E-state index in [1.54, 1.807) is 6.07 Å². The molecule has 2 rings (SSSR count). The highest BCUT2D eigenvalue weighted by atomic mass is 19.4. The molecule has 0 unspecified atom stereocenters. The van der Waals surface area contributed by atoms with Crippen molar-refractivity contribution in [2.45, 2.75) is 6.36 Å². The lowest BCUT2D eigenvalue weighted by Gasteiger charge is -2.27. The maximum absolute atomic E-state index is 12.1. The average Bonchev–Trinajstić information content (AvgIpc) is 2.16. The molecule has 0 radical (unpaired) electrons. The van der Waals surface area contributed by atoms with Crippen LogP contribution >= 0.6 is 0 Å². The number of nitrogens with one attached hydrogen (secondary N) is 1. The maximum Gasteiger partial charge on any atom is 0.573 e. The molecule has 1 aromatic carbocycles. The number of ether oxygens (including phenoxy) is 2. The van der Waals surface area contributed by atoms with Gasteiger partial charge >= 0.3 is 6.36 Å². The number of alkyl halides is 3. The molecule has 1 fully saturated rings. The van der Waals surface area contributed by atoms with Gasteiger partial charge in [-0.2, -0.15) is 0 Å². The number of hydrogen-bond acceptors (Lipinski definition) is 3. The molecule has 94 valence electrons. The number of halogens is 3. The predicted molar refractivity (Wildman–Crippen MR) is 55.0 cm³/mol. The fourth-order valence-corrected chi connectivity index (χ4v) is 1.45. The third kappa shape index (κ3) is 3.52. The maximum atomic E-state index is 12.1. The summed E-state index contributed by atoms with van der Waals surface area (Å²) in [7, 11) is 0. The van der Waals surface area contributed by atoms with Crippen LogP contribution < -0.4 is 14.8 Å². The van der Waals surface area contributed by atoms with Crippen molar-refractivity contribution < 1.29 is 22.6 Å². The number of rotatable bonds is 4. The van der Waals surface area contributed by atoms with E-state index >= 15 is 0 Å². The van der Waals surface area contributed by atoms with Crippen molar-refractivity contribution in [3.63, 3.8) is 0 Å². The third-order valence-corrected chi connectivity index (χ3v) is 2.42. The highest BCUT2D eigenvalue weighted by molar-refractivity contribution is 5.39. The average molecular weight is 247 g/mol. The van der Waals surface area contributed by atoms with E-state index in [1.165, 1.54) is 18.2 Å². The van der Waals surface area contributed by atoms with E-state index in [0.29, 0.717) is 12.5 Å². The molecule has 17 heavy (non-hydrogen) atoms. The topological polar surface area (TPSA) is 30.5 Å². The van der Waals surface area contributed by atoms with Crippen LogP contribution in [0.15, 0.2) is 24.3 Å². The lowest BCUT2D eigenvalue weighted by molar-refractivity contribution is -0.275. The van der Waals surface area contributed by atoms with Gasteiger partial charge in [-0.1, -0.05) is 12.1 Å². The minimum absolute atomic E-state index is 0.122. The molecule has 1 aliphatic rings. The Morgan fingerprint density at radius 2 is 1.82 bits per heavy atom. The van der Waals surface area contributed by atoms with Gasteiger partial charge in [0.05, 0.1) is 6.61 Å². The van der Waals surface area contributed by atoms with Crippen molar-refractivity contribution in [2.24, 2.45) is 5.92 Å². The lowest BCUT2D eigenvalue weighted by Crippen LogP contribution is -2.45. The molecule has 1 heterocycles. The first-order valence-corrected chi connectivity index (χ1v) is 5.23. The Balaban J connectivity index is 1.99. The van der Waals surface area contributed by atoms with Crippen LogP contribution in [0, 0.1) is 5.92 Å². The summed E-state index contributed by atoms with van der Waals surface area (Å²) in [5.74, 6) is 0.179. The van der Waals surface area contributed by atoms with E-state index in [0.717, 1.165) is 13.1 Å². The van der Waals surface area contributed by atoms with Crippen molar-refractivity contribution in [2.75, 3.05) is 19.7 Å². The second kappa shape index (κ2) is 4.83. The van der Waals surface area contributed by atoms with E-state index in [1.807, 2.05) is 0 Å². The molecule has 0 amide bonds. The predicted octanol–water partition coefficient (Wildman–Crippen LogP) is 2.18. The lowest BCUT2D eigenvalue weighted by atomic mass is 10.1. The summed E-state index contributed by atoms with van der Waals surface area (Å²) in [6.45, 7) is 2.07. The summed E-state index contributed by atoms with van der Waals surface area (Å²) in [6.07, 6.45) is -4.70. The van der Waals surface area contributed by atoms with E-state index < -0.39 is 6.36 Å². The highest BCUT2D eigenvalue weighted by Gasteiger charge is 2.32. The minimum Gasteiger partial charge on any atom is -0.489 e. The Labute approximate surface area is 96.5 Å². The molecule has 1 N–H and O–H groups in total. The van der Waals surface area contributed by atoms with Crippen molar-refractivity contribution in [1.29, 1.82) is 0 Å². The van der Waals surface area contributed by atoms with Crippen LogP contribution in [0.3, 0.4) is 0 Å². The van der Waals surface area contributed by atoms with Gasteiger partial charge in [0.2, 0.25) is 0 Å². The highest BCUT2D eigenvalue weighted by Crippen LogP contribution is 2.32. The van der Waals surface area contributed by atoms with E-state index in [2.05, 4.69) is 10.1 Å². The Morgan fingerprint density at radius 1 is 1.18 bits per heavy atom. The van der Waals surface area contributed by atoms with Gasteiger partial charge in [0.1, 0.15) is 0 Å². The van der Waals surface area contributed by atoms with Crippen LogP contribution in [0.5, 0.6) is 11.5 Å². The Kier molecular flexibility index (Phi) is 3.42.